The molecule has 5 heteroatoms. The Balaban J connectivity index is 2.61. The van der Waals surface area contributed by atoms with E-state index in [0.29, 0.717) is 5.75 Å². The van der Waals surface area contributed by atoms with Crippen LogP contribution >= 0.6 is 0 Å². The fraction of sp³-hybridized carbons (Fsp3) is 0.462. The number of rotatable bonds is 3. The number of benzene rings is 1. The van der Waals surface area contributed by atoms with Gasteiger partial charge in [0.1, 0.15) is 17.1 Å². The molecular weight excluding hydrogens is 234 g/mol. The molecule has 0 aliphatic carbocycles. The first-order valence-electron chi connectivity index (χ1n) is 5.64. The number of methoxy groups -OCH3 is 1. The number of phenolic OH excluding ortho intramolecular Hbond substituents is 1. The summed E-state index contributed by atoms with van der Waals surface area (Å²) in [5.74, 6) is 0.638. The number of ether oxygens (including phenoxy) is 2. The summed E-state index contributed by atoms with van der Waals surface area (Å²) in [6.07, 6.45) is -0.488. The summed E-state index contributed by atoms with van der Waals surface area (Å²) in [4.78, 5) is 11.5. The number of phenols is 1. The molecule has 0 aliphatic heterocycles. The van der Waals surface area contributed by atoms with Crippen LogP contribution in [-0.4, -0.2) is 23.9 Å². The Bertz CT molecular complexity index is 423. The van der Waals surface area contributed by atoms with E-state index in [1.807, 2.05) is 0 Å². The quantitative estimate of drug-likeness (QED) is 0.868. The predicted molar refractivity (Wildman–Crippen MR) is 67.7 cm³/mol. The van der Waals surface area contributed by atoms with E-state index >= 15 is 0 Å². The summed E-state index contributed by atoms with van der Waals surface area (Å²) < 4.78 is 10.2. The van der Waals surface area contributed by atoms with Crippen LogP contribution in [0.2, 0.25) is 0 Å². The van der Waals surface area contributed by atoms with Gasteiger partial charge in [-0.1, -0.05) is 0 Å². The maximum absolute atomic E-state index is 11.5. The van der Waals surface area contributed by atoms with E-state index in [1.54, 1.807) is 26.8 Å². The molecule has 0 heterocycles. The lowest BCUT2D eigenvalue weighted by molar-refractivity contribution is 0.0523. The number of hydrogen-bond donors (Lipinski definition) is 2. The number of carbonyl (C=O) groups excluding carboxylic acids is 1. The summed E-state index contributed by atoms with van der Waals surface area (Å²) in [6, 6.07) is 4.71. The van der Waals surface area contributed by atoms with Crippen molar-refractivity contribution in [3.05, 3.63) is 23.8 Å². The molecule has 1 aromatic carbocycles. The van der Waals surface area contributed by atoms with Crippen LogP contribution in [0.3, 0.4) is 0 Å². The fourth-order valence-corrected chi connectivity index (χ4v) is 1.36. The van der Waals surface area contributed by atoms with Crippen LogP contribution in [0.25, 0.3) is 0 Å². The van der Waals surface area contributed by atoms with Gasteiger partial charge < -0.3 is 19.9 Å². The van der Waals surface area contributed by atoms with Crippen molar-refractivity contribution < 1.29 is 19.4 Å². The Morgan fingerprint density at radius 3 is 2.61 bits per heavy atom. The second kappa shape index (κ2) is 5.62. The van der Waals surface area contributed by atoms with Gasteiger partial charge in [-0.3, -0.25) is 0 Å². The summed E-state index contributed by atoms with van der Waals surface area (Å²) in [5, 5.41) is 11.9. The third-order valence-corrected chi connectivity index (χ3v) is 2.09. The van der Waals surface area contributed by atoms with Gasteiger partial charge in [-0.25, -0.2) is 4.79 Å². The molecule has 0 spiro atoms. The maximum Gasteiger partial charge on any atom is 0.407 e. The monoisotopic (exact) mass is 253 g/mol. The molecule has 5 nitrogen and oxygen atoms in total. The van der Waals surface area contributed by atoms with E-state index in [0.717, 1.165) is 5.56 Å². The van der Waals surface area contributed by atoms with Crippen molar-refractivity contribution in [3.8, 4) is 11.5 Å². The molecule has 0 fully saturated rings. The van der Waals surface area contributed by atoms with Crippen molar-refractivity contribution in [2.24, 2.45) is 0 Å². The van der Waals surface area contributed by atoms with Crippen molar-refractivity contribution >= 4 is 6.09 Å². The Morgan fingerprint density at radius 2 is 2.06 bits per heavy atom. The average Bonchev–Trinajstić information content (AvgIpc) is 2.24. The van der Waals surface area contributed by atoms with Gasteiger partial charge in [0.15, 0.2) is 0 Å². The van der Waals surface area contributed by atoms with Crippen molar-refractivity contribution in [2.75, 3.05) is 7.11 Å². The summed E-state index contributed by atoms with van der Waals surface area (Å²) in [7, 11) is 1.51. The molecule has 18 heavy (non-hydrogen) atoms. The normalized spacial score (nSPS) is 10.9. The lowest BCUT2D eigenvalue weighted by atomic mass is 10.2. The molecule has 0 aliphatic rings. The molecule has 0 aromatic heterocycles. The standard InChI is InChI=1S/C13H19NO4/c1-13(2,3)18-12(16)14-8-9-5-6-10(15)7-11(9)17-4/h5-7,15H,8H2,1-4H3,(H,14,16). The smallest absolute Gasteiger partial charge is 0.407 e. The molecule has 1 rings (SSSR count). The van der Waals surface area contributed by atoms with Gasteiger partial charge in [-0.15, -0.1) is 0 Å². The Kier molecular flexibility index (Phi) is 4.42. The lowest BCUT2D eigenvalue weighted by Crippen LogP contribution is -2.32. The van der Waals surface area contributed by atoms with E-state index in [2.05, 4.69) is 5.32 Å². The van der Waals surface area contributed by atoms with Crippen LogP contribution in [0.1, 0.15) is 26.3 Å². The van der Waals surface area contributed by atoms with E-state index in [9.17, 15) is 9.90 Å². The topological polar surface area (TPSA) is 67.8 Å². The summed E-state index contributed by atoms with van der Waals surface area (Å²) in [6.45, 7) is 5.67. The first kappa shape index (κ1) is 14.2. The molecule has 0 bridgehead atoms. The molecule has 100 valence electrons. The number of aromatic hydroxyl groups is 1. The zero-order chi connectivity index (χ0) is 13.8. The number of nitrogens with one attached hydrogen (secondary N) is 1. The highest BCUT2D eigenvalue weighted by molar-refractivity contribution is 5.67. The molecule has 0 atom stereocenters. The summed E-state index contributed by atoms with van der Waals surface area (Å²) in [5.41, 5.74) is 0.240. The van der Waals surface area contributed by atoms with Gasteiger partial charge in [-0.05, 0) is 32.9 Å². The Hall–Kier alpha value is -1.91. The summed E-state index contributed by atoms with van der Waals surface area (Å²) >= 11 is 0. The van der Waals surface area contributed by atoms with Gasteiger partial charge >= 0.3 is 6.09 Å². The van der Waals surface area contributed by atoms with Crippen LogP contribution < -0.4 is 10.1 Å². The third-order valence-electron chi connectivity index (χ3n) is 2.09. The van der Waals surface area contributed by atoms with Gasteiger partial charge in [0.25, 0.3) is 0 Å². The van der Waals surface area contributed by atoms with Crippen molar-refractivity contribution in [1.29, 1.82) is 0 Å². The first-order chi connectivity index (χ1) is 8.31. The fourth-order valence-electron chi connectivity index (χ4n) is 1.36. The van der Waals surface area contributed by atoms with Gasteiger partial charge in [0, 0.05) is 18.2 Å². The predicted octanol–water partition coefficient (Wildman–Crippen LogP) is 2.43. The van der Waals surface area contributed by atoms with Crippen LogP contribution in [0, 0.1) is 0 Å². The molecule has 0 unspecified atom stereocenters. The van der Waals surface area contributed by atoms with Gasteiger partial charge in [0.05, 0.1) is 7.11 Å². The number of alkyl carbamates (subject to hydrolysis) is 1. The van der Waals surface area contributed by atoms with Crippen molar-refractivity contribution in [1.82, 2.24) is 5.32 Å². The van der Waals surface area contributed by atoms with E-state index in [-0.39, 0.29) is 12.3 Å². The van der Waals surface area contributed by atoms with E-state index in [1.165, 1.54) is 19.2 Å². The number of carbonyl (C=O) groups is 1. The van der Waals surface area contributed by atoms with Crippen LogP contribution in [0.5, 0.6) is 11.5 Å². The van der Waals surface area contributed by atoms with Crippen LogP contribution in [0.15, 0.2) is 18.2 Å². The van der Waals surface area contributed by atoms with Crippen molar-refractivity contribution in [2.45, 2.75) is 32.9 Å². The SMILES string of the molecule is COc1cc(O)ccc1CNC(=O)OC(C)(C)C. The minimum absolute atomic E-state index is 0.118. The Morgan fingerprint density at radius 1 is 1.39 bits per heavy atom. The van der Waals surface area contributed by atoms with E-state index in [4.69, 9.17) is 9.47 Å². The van der Waals surface area contributed by atoms with Crippen molar-refractivity contribution in [3.63, 3.8) is 0 Å². The first-order valence-corrected chi connectivity index (χ1v) is 5.64. The van der Waals surface area contributed by atoms with Gasteiger partial charge in [0.2, 0.25) is 0 Å². The molecule has 0 radical (unpaired) electrons. The molecule has 1 amide bonds. The van der Waals surface area contributed by atoms with E-state index < -0.39 is 11.7 Å². The second-order valence-electron chi connectivity index (χ2n) is 4.85. The minimum atomic E-state index is -0.525. The molecule has 1 aromatic rings. The second-order valence-corrected chi connectivity index (χ2v) is 4.85. The highest BCUT2D eigenvalue weighted by Crippen LogP contribution is 2.23. The Labute approximate surface area is 107 Å². The minimum Gasteiger partial charge on any atom is -0.508 e. The molecule has 0 saturated heterocycles. The molecule has 0 saturated carbocycles. The highest BCUT2D eigenvalue weighted by Gasteiger charge is 2.16. The maximum atomic E-state index is 11.5. The number of hydrogen-bond acceptors (Lipinski definition) is 4. The average molecular weight is 253 g/mol. The van der Waals surface area contributed by atoms with Crippen LogP contribution in [0.4, 0.5) is 4.79 Å². The van der Waals surface area contributed by atoms with Crippen LogP contribution in [-0.2, 0) is 11.3 Å². The highest BCUT2D eigenvalue weighted by atomic mass is 16.6. The number of amides is 1. The molecule has 2 N–H and O–H groups in total. The van der Waals surface area contributed by atoms with Gasteiger partial charge in [-0.2, -0.15) is 0 Å². The lowest BCUT2D eigenvalue weighted by Gasteiger charge is -2.20. The molecular formula is C13H19NO4. The zero-order valence-electron chi connectivity index (χ0n) is 11.1. The third kappa shape index (κ3) is 4.53. The largest absolute Gasteiger partial charge is 0.508 e. The zero-order valence-corrected chi connectivity index (χ0v) is 11.1.